The van der Waals surface area contributed by atoms with Gasteiger partial charge < -0.3 is 19.9 Å². The van der Waals surface area contributed by atoms with Gasteiger partial charge in [-0.2, -0.15) is 0 Å². The Labute approximate surface area is 185 Å². The van der Waals surface area contributed by atoms with Crippen molar-refractivity contribution >= 4 is 22.9 Å². The molecule has 1 aromatic carbocycles. The van der Waals surface area contributed by atoms with E-state index in [-0.39, 0.29) is 5.91 Å². The number of amides is 2. The van der Waals surface area contributed by atoms with Crippen LogP contribution in [0.25, 0.3) is 10.9 Å². The molecule has 2 heterocycles. The van der Waals surface area contributed by atoms with Crippen LogP contribution >= 0.6 is 0 Å². The number of likely N-dealkylation sites (N-methyl/N-ethyl adjacent to an activating group) is 1. The lowest BCUT2D eigenvalue weighted by Gasteiger charge is -2.26. The highest BCUT2D eigenvalue weighted by Crippen LogP contribution is 2.22. The Morgan fingerprint density at radius 2 is 2.00 bits per heavy atom. The van der Waals surface area contributed by atoms with Crippen LogP contribution in [0.3, 0.4) is 0 Å². The molecule has 0 radical (unpaired) electrons. The molecule has 0 saturated carbocycles. The first-order valence-corrected chi connectivity index (χ1v) is 11.2. The number of rotatable bonds is 7. The highest BCUT2D eigenvalue weighted by atomic mass is 16.6. The molecule has 0 bridgehead atoms. The fourth-order valence-electron chi connectivity index (χ4n) is 4.35. The summed E-state index contributed by atoms with van der Waals surface area (Å²) in [6.07, 6.45) is 4.08. The van der Waals surface area contributed by atoms with Crippen molar-refractivity contribution in [1.82, 2.24) is 20.1 Å². The highest BCUT2D eigenvalue weighted by molar-refractivity contribution is 5.88. The largest absolute Gasteiger partial charge is 0.444 e. The van der Waals surface area contributed by atoms with Crippen molar-refractivity contribution in [3.05, 3.63) is 36.0 Å². The molecular weight excluding hydrogens is 392 g/mol. The number of aromatic nitrogens is 1. The number of fused-ring (bicyclic) bond motifs is 1. The van der Waals surface area contributed by atoms with Crippen molar-refractivity contribution in [3.63, 3.8) is 0 Å². The third-order valence-corrected chi connectivity index (χ3v) is 5.83. The number of aryl methyl sites for hydroxylation is 1. The normalized spacial score (nSPS) is 18.2. The number of likely N-dealkylation sites (tertiary alicyclic amines) is 1. The van der Waals surface area contributed by atoms with Gasteiger partial charge in [-0.25, -0.2) is 4.79 Å². The number of ether oxygens (including phenoxy) is 1. The molecule has 3 rings (SSSR count). The highest BCUT2D eigenvalue weighted by Gasteiger charge is 2.28. The predicted molar refractivity (Wildman–Crippen MR) is 123 cm³/mol. The Morgan fingerprint density at radius 3 is 2.71 bits per heavy atom. The van der Waals surface area contributed by atoms with Gasteiger partial charge in [-0.1, -0.05) is 25.1 Å². The molecule has 2 N–H and O–H groups in total. The first-order chi connectivity index (χ1) is 14.7. The standard InChI is InChI=1S/C24H36N4O3/c1-6-28-13-9-10-18(28)15-25-22(29)20(26-23(30)31-24(2,3)4)14-17-16-27(5)21-12-8-7-11-19(17)21/h7-8,11-12,16,18,20H,6,9-10,13-15H2,1-5H3,(H,25,29)(H,26,30). The minimum absolute atomic E-state index is 0.179. The van der Waals surface area contributed by atoms with E-state index in [2.05, 4.69) is 28.5 Å². The van der Waals surface area contributed by atoms with Gasteiger partial charge in [0.1, 0.15) is 11.6 Å². The molecule has 2 aromatic rings. The van der Waals surface area contributed by atoms with Crippen molar-refractivity contribution in [2.75, 3.05) is 19.6 Å². The number of carbonyl (C=O) groups is 2. The second-order valence-electron chi connectivity index (χ2n) is 9.36. The number of benzene rings is 1. The van der Waals surface area contributed by atoms with Crippen LogP contribution in [0.4, 0.5) is 4.79 Å². The Balaban J connectivity index is 1.75. The fraction of sp³-hybridized carbons (Fsp3) is 0.583. The maximum atomic E-state index is 13.1. The van der Waals surface area contributed by atoms with Crippen molar-refractivity contribution in [2.45, 2.75) is 64.6 Å². The van der Waals surface area contributed by atoms with Crippen LogP contribution in [0, 0.1) is 0 Å². The summed E-state index contributed by atoms with van der Waals surface area (Å²) in [5.74, 6) is -0.179. The lowest BCUT2D eigenvalue weighted by molar-refractivity contribution is -0.123. The maximum Gasteiger partial charge on any atom is 0.408 e. The van der Waals surface area contributed by atoms with E-state index in [0.29, 0.717) is 19.0 Å². The average molecular weight is 429 g/mol. The molecule has 1 aliphatic heterocycles. The van der Waals surface area contributed by atoms with Crippen LogP contribution in [-0.2, 0) is 23.0 Å². The van der Waals surface area contributed by atoms with Crippen LogP contribution in [-0.4, -0.2) is 58.8 Å². The van der Waals surface area contributed by atoms with Gasteiger partial charge in [0, 0.05) is 43.2 Å². The molecule has 2 unspecified atom stereocenters. The van der Waals surface area contributed by atoms with Gasteiger partial charge in [0.25, 0.3) is 0 Å². The molecule has 1 aromatic heterocycles. The number of para-hydroxylation sites is 1. The van der Waals surface area contributed by atoms with E-state index in [4.69, 9.17) is 4.74 Å². The van der Waals surface area contributed by atoms with Crippen molar-refractivity contribution < 1.29 is 14.3 Å². The van der Waals surface area contributed by atoms with Gasteiger partial charge in [0.05, 0.1) is 0 Å². The Bertz CT molecular complexity index is 915. The van der Waals surface area contributed by atoms with Crippen molar-refractivity contribution in [3.8, 4) is 0 Å². The number of nitrogens with one attached hydrogen (secondary N) is 2. The van der Waals surface area contributed by atoms with Gasteiger partial charge in [-0.15, -0.1) is 0 Å². The van der Waals surface area contributed by atoms with Crippen molar-refractivity contribution in [1.29, 1.82) is 0 Å². The lowest BCUT2D eigenvalue weighted by atomic mass is 10.0. The zero-order valence-electron chi connectivity index (χ0n) is 19.4. The molecule has 0 aliphatic carbocycles. The molecule has 1 fully saturated rings. The zero-order valence-corrected chi connectivity index (χ0v) is 19.4. The topological polar surface area (TPSA) is 75.6 Å². The van der Waals surface area contributed by atoms with E-state index in [9.17, 15) is 9.59 Å². The molecule has 170 valence electrons. The maximum absolute atomic E-state index is 13.1. The minimum Gasteiger partial charge on any atom is -0.444 e. The molecule has 31 heavy (non-hydrogen) atoms. The Hall–Kier alpha value is -2.54. The van der Waals surface area contributed by atoms with Gasteiger partial charge in [0.15, 0.2) is 0 Å². The molecular formula is C24H36N4O3. The second-order valence-corrected chi connectivity index (χ2v) is 9.36. The van der Waals surface area contributed by atoms with Gasteiger partial charge in [-0.3, -0.25) is 9.69 Å². The van der Waals surface area contributed by atoms with E-state index in [1.54, 1.807) is 0 Å². The summed E-state index contributed by atoms with van der Waals surface area (Å²) in [4.78, 5) is 28.0. The molecule has 7 heteroatoms. The lowest BCUT2D eigenvalue weighted by Crippen LogP contribution is -2.51. The second kappa shape index (κ2) is 9.73. The van der Waals surface area contributed by atoms with Crippen molar-refractivity contribution in [2.24, 2.45) is 7.05 Å². The number of hydrogen-bond donors (Lipinski definition) is 2. The first kappa shape index (κ1) is 23.1. The summed E-state index contributed by atoms with van der Waals surface area (Å²) < 4.78 is 7.46. The molecule has 7 nitrogen and oxygen atoms in total. The number of carbonyl (C=O) groups excluding carboxylic acids is 2. The summed E-state index contributed by atoms with van der Waals surface area (Å²) in [5.41, 5.74) is 1.49. The summed E-state index contributed by atoms with van der Waals surface area (Å²) in [5, 5.41) is 6.96. The number of nitrogens with zero attached hydrogens (tertiary/aromatic N) is 2. The summed E-state index contributed by atoms with van der Waals surface area (Å²) in [7, 11) is 1.99. The fourth-order valence-corrected chi connectivity index (χ4v) is 4.35. The van der Waals surface area contributed by atoms with Gasteiger partial charge >= 0.3 is 6.09 Å². The van der Waals surface area contributed by atoms with Crippen LogP contribution < -0.4 is 10.6 Å². The van der Waals surface area contributed by atoms with E-state index in [1.807, 2.05) is 56.8 Å². The van der Waals surface area contributed by atoms with Gasteiger partial charge in [0.2, 0.25) is 5.91 Å². The van der Waals surface area contributed by atoms with E-state index >= 15 is 0 Å². The van der Waals surface area contributed by atoms with E-state index in [0.717, 1.165) is 42.4 Å². The SMILES string of the molecule is CCN1CCCC1CNC(=O)C(Cc1cn(C)c2ccccc12)NC(=O)OC(C)(C)C. The van der Waals surface area contributed by atoms with Gasteiger partial charge in [-0.05, 0) is 58.3 Å². The molecule has 2 amide bonds. The molecule has 1 saturated heterocycles. The van der Waals surface area contributed by atoms with Crippen LogP contribution in [0.1, 0.15) is 46.1 Å². The van der Waals surface area contributed by atoms with Crippen LogP contribution in [0.5, 0.6) is 0 Å². The summed E-state index contributed by atoms with van der Waals surface area (Å²) in [6.45, 7) is 10.2. The van der Waals surface area contributed by atoms with E-state index < -0.39 is 17.7 Å². The smallest absolute Gasteiger partial charge is 0.408 e. The Kier molecular flexibility index (Phi) is 7.26. The monoisotopic (exact) mass is 428 g/mol. The average Bonchev–Trinajstić information content (AvgIpc) is 3.28. The number of hydrogen-bond acceptors (Lipinski definition) is 4. The molecule has 0 spiro atoms. The van der Waals surface area contributed by atoms with Crippen LogP contribution in [0.2, 0.25) is 0 Å². The molecule has 1 aliphatic rings. The third-order valence-electron chi connectivity index (χ3n) is 5.83. The predicted octanol–water partition coefficient (Wildman–Crippen LogP) is 3.21. The quantitative estimate of drug-likeness (QED) is 0.710. The minimum atomic E-state index is -0.711. The summed E-state index contributed by atoms with van der Waals surface area (Å²) in [6, 6.07) is 7.72. The van der Waals surface area contributed by atoms with E-state index in [1.165, 1.54) is 0 Å². The zero-order chi connectivity index (χ0) is 22.6. The summed E-state index contributed by atoms with van der Waals surface area (Å²) >= 11 is 0. The molecule has 2 atom stereocenters. The number of alkyl carbamates (subject to hydrolysis) is 1. The van der Waals surface area contributed by atoms with Crippen LogP contribution in [0.15, 0.2) is 30.5 Å². The first-order valence-electron chi connectivity index (χ1n) is 11.2. The Morgan fingerprint density at radius 1 is 1.26 bits per heavy atom. The third kappa shape index (κ3) is 6.00.